The molecule has 2 aliphatic carbocycles. The van der Waals surface area contributed by atoms with Crippen molar-refractivity contribution in [2.45, 2.75) is 31.7 Å². The van der Waals surface area contributed by atoms with Crippen molar-refractivity contribution < 1.29 is 4.92 Å². The van der Waals surface area contributed by atoms with Crippen LogP contribution in [0.3, 0.4) is 0 Å². The number of nitrogens with one attached hydrogen (secondary N) is 1. The molecule has 1 aromatic heterocycles. The van der Waals surface area contributed by atoms with Gasteiger partial charge in [0.2, 0.25) is 11.1 Å². The van der Waals surface area contributed by atoms with Gasteiger partial charge in [-0.15, -0.1) is 0 Å². The van der Waals surface area contributed by atoms with Crippen molar-refractivity contribution in [1.29, 1.82) is 0 Å². The summed E-state index contributed by atoms with van der Waals surface area (Å²) >= 11 is 5.71. The molecule has 1 N–H and O–H groups in total. The van der Waals surface area contributed by atoms with Gasteiger partial charge in [-0.3, -0.25) is 10.1 Å². The third-order valence-electron chi connectivity index (χ3n) is 3.50. The van der Waals surface area contributed by atoms with Gasteiger partial charge in [-0.25, -0.2) is 4.98 Å². The van der Waals surface area contributed by atoms with Crippen LogP contribution in [-0.2, 0) is 0 Å². The largest absolute Gasteiger partial charge is 0.361 e. The van der Waals surface area contributed by atoms with E-state index in [9.17, 15) is 10.1 Å². The standard InChI is InChI=1S/C11H13ClN4O2/c12-11-13-5-8(16(17)18)10(15-11)14-9(6-1-2-6)7-3-4-7/h5-7,9H,1-4H2,(H,13,14,15). The molecule has 0 amide bonds. The van der Waals surface area contributed by atoms with Gasteiger partial charge in [-0.1, -0.05) is 0 Å². The Kier molecular flexibility index (Phi) is 2.81. The minimum absolute atomic E-state index is 0.0356. The normalized spacial score (nSPS) is 19.0. The molecule has 1 heterocycles. The first-order valence-corrected chi connectivity index (χ1v) is 6.46. The van der Waals surface area contributed by atoms with E-state index in [1.54, 1.807) is 0 Å². The Labute approximate surface area is 109 Å². The van der Waals surface area contributed by atoms with Crippen molar-refractivity contribution in [3.05, 3.63) is 21.6 Å². The summed E-state index contributed by atoms with van der Waals surface area (Å²) in [6.45, 7) is 0. The zero-order valence-corrected chi connectivity index (χ0v) is 10.4. The summed E-state index contributed by atoms with van der Waals surface area (Å²) in [7, 11) is 0. The van der Waals surface area contributed by atoms with E-state index in [-0.39, 0.29) is 16.8 Å². The maximum Gasteiger partial charge on any atom is 0.329 e. The van der Waals surface area contributed by atoms with Gasteiger partial charge in [0.05, 0.1) is 4.92 Å². The first kappa shape index (κ1) is 11.6. The fourth-order valence-corrected chi connectivity index (χ4v) is 2.42. The third kappa shape index (κ3) is 2.38. The number of aromatic nitrogens is 2. The average molecular weight is 269 g/mol. The first-order valence-electron chi connectivity index (χ1n) is 6.08. The Morgan fingerprint density at radius 3 is 2.50 bits per heavy atom. The molecule has 0 radical (unpaired) electrons. The van der Waals surface area contributed by atoms with Crippen LogP contribution in [0, 0.1) is 22.0 Å². The SMILES string of the molecule is O=[N+]([O-])c1cnc(Cl)nc1NC(C1CC1)C1CC1. The molecule has 96 valence electrons. The molecular weight excluding hydrogens is 256 g/mol. The van der Waals surface area contributed by atoms with Gasteiger partial charge in [0, 0.05) is 6.04 Å². The summed E-state index contributed by atoms with van der Waals surface area (Å²) in [5, 5.41) is 14.2. The number of halogens is 1. The van der Waals surface area contributed by atoms with Gasteiger partial charge in [0.25, 0.3) is 0 Å². The van der Waals surface area contributed by atoms with E-state index in [2.05, 4.69) is 15.3 Å². The van der Waals surface area contributed by atoms with Crippen LogP contribution in [0.15, 0.2) is 6.20 Å². The molecule has 0 saturated heterocycles. The summed E-state index contributed by atoms with van der Waals surface area (Å²) in [4.78, 5) is 18.1. The molecule has 6 nitrogen and oxygen atoms in total. The highest BCUT2D eigenvalue weighted by Gasteiger charge is 2.42. The highest BCUT2D eigenvalue weighted by atomic mass is 35.5. The van der Waals surface area contributed by atoms with Gasteiger partial charge in [0.15, 0.2) is 0 Å². The van der Waals surface area contributed by atoms with Crippen LogP contribution in [0.25, 0.3) is 0 Å². The number of rotatable bonds is 5. The van der Waals surface area contributed by atoms with Crippen LogP contribution in [0.2, 0.25) is 5.28 Å². The van der Waals surface area contributed by atoms with Crippen LogP contribution < -0.4 is 5.32 Å². The molecule has 2 fully saturated rings. The van der Waals surface area contributed by atoms with E-state index >= 15 is 0 Å². The Balaban J connectivity index is 1.85. The van der Waals surface area contributed by atoms with Crippen molar-refractivity contribution >= 4 is 23.1 Å². The molecule has 0 aromatic carbocycles. The zero-order valence-electron chi connectivity index (χ0n) is 9.67. The lowest BCUT2D eigenvalue weighted by Gasteiger charge is -2.17. The van der Waals surface area contributed by atoms with Crippen molar-refractivity contribution in [2.75, 3.05) is 5.32 Å². The Morgan fingerprint density at radius 2 is 2.00 bits per heavy atom. The molecule has 0 bridgehead atoms. The highest BCUT2D eigenvalue weighted by Crippen LogP contribution is 2.46. The lowest BCUT2D eigenvalue weighted by molar-refractivity contribution is -0.384. The lowest BCUT2D eigenvalue weighted by atomic mass is 10.1. The highest BCUT2D eigenvalue weighted by molar-refractivity contribution is 6.28. The third-order valence-corrected chi connectivity index (χ3v) is 3.68. The van der Waals surface area contributed by atoms with Gasteiger partial charge in [0.1, 0.15) is 6.20 Å². The molecule has 0 unspecified atom stereocenters. The van der Waals surface area contributed by atoms with Gasteiger partial charge in [-0.05, 0) is 49.1 Å². The summed E-state index contributed by atoms with van der Waals surface area (Å²) in [6.07, 6.45) is 5.94. The molecule has 1 aromatic rings. The zero-order chi connectivity index (χ0) is 12.7. The Morgan fingerprint density at radius 1 is 1.39 bits per heavy atom. The van der Waals surface area contributed by atoms with Gasteiger partial charge >= 0.3 is 5.69 Å². The average Bonchev–Trinajstić information content (AvgIpc) is 3.17. The monoisotopic (exact) mass is 268 g/mol. The predicted octanol–water partition coefficient (Wildman–Crippen LogP) is 2.64. The quantitative estimate of drug-likeness (QED) is 0.504. The summed E-state index contributed by atoms with van der Waals surface area (Å²) < 4.78 is 0. The maximum absolute atomic E-state index is 10.9. The van der Waals surface area contributed by atoms with Crippen LogP contribution in [0.1, 0.15) is 25.7 Å². The van der Waals surface area contributed by atoms with E-state index in [0.717, 1.165) is 6.20 Å². The van der Waals surface area contributed by atoms with E-state index in [1.165, 1.54) is 25.7 Å². The van der Waals surface area contributed by atoms with E-state index < -0.39 is 4.92 Å². The van der Waals surface area contributed by atoms with E-state index in [0.29, 0.717) is 17.9 Å². The Bertz CT molecular complexity index is 476. The molecule has 2 saturated carbocycles. The van der Waals surface area contributed by atoms with E-state index in [1.807, 2.05) is 0 Å². The second-order valence-electron chi connectivity index (χ2n) is 4.97. The van der Waals surface area contributed by atoms with Crippen LogP contribution in [-0.4, -0.2) is 20.9 Å². The van der Waals surface area contributed by atoms with Gasteiger partial charge in [-0.2, -0.15) is 4.98 Å². The molecule has 2 aliphatic rings. The lowest BCUT2D eigenvalue weighted by Crippen LogP contribution is -2.25. The number of nitro groups is 1. The second kappa shape index (κ2) is 4.35. The summed E-state index contributed by atoms with van der Waals surface area (Å²) in [5.74, 6) is 1.51. The second-order valence-corrected chi connectivity index (χ2v) is 5.31. The molecule has 0 aliphatic heterocycles. The molecular formula is C11H13ClN4O2. The molecule has 3 rings (SSSR count). The molecule has 7 heteroatoms. The van der Waals surface area contributed by atoms with Crippen molar-refractivity contribution in [2.24, 2.45) is 11.8 Å². The van der Waals surface area contributed by atoms with Crippen LogP contribution in [0.5, 0.6) is 0 Å². The molecule has 18 heavy (non-hydrogen) atoms. The minimum Gasteiger partial charge on any atom is -0.361 e. The summed E-state index contributed by atoms with van der Waals surface area (Å²) in [6, 6.07) is 0.301. The topological polar surface area (TPSA) is 81.0 Å². The summed E-state index contributed by atoms with van der Waals surface area (Å²) in [5.41, 5.74) is -0.106. The number of hydrogen-bond donors (Lipinski definition) is 1. The fraction of sp³-hybridized carbons (Fsp3) is 0.636. The van der Waals surface area contributed by atoms with Crippen LogP contribution in [0.4, 0.5) is 11.5 Å². The van der Waals surface area contributed by atoms with Crippen molar-refractivity contribution in [3.63, 3.8) is 0 Å². The van der Waals surface area contributed by atoms with E-state index in [4.69, 9.17) is 11.6 Å². The number of nitrogens with zero attached hydrogens (tertiary/aromatic N) is 3. The Hall–Kier alpha value is -1.43. The van der Waals surface area contributed by atoms with Crippen LogP contribution >= 0.6 is 11.6 Å². The molecule has 0 spiro atoms. The number of anilines is 1. The fourth-order valence-electron chi connectivity index (χ4n) is 2.28. The minimum atomic E-state index is -0.477. The van der Waals surface area contributed by atoms with Crippen molar-refractivity contribution in [3.8, 4) is 0 Å². The smallest absolute Gasteiger partial charge is 0.329 e. The molecule has 0 atom stereocenters. The van der Waals surface area contributed by atoms with Gasteiger partial charge < -0.3 is 5.32 Å². The first-order chi connectivity index (χ1) is 8.65. The predicted molar refractivity (Wildman–Crippen MR) is 66.6 cm³/mol. The van der Waals surface area contributed by atoms with Crippen molar-refractivity contribution in [1.82, 2.24) is 9.97 Å². The number of hydrogen-bond acceptors (Lipinski definition) is 5. The maximum atomic E-state index is 10.9.